The molecule has 1 aromatic rings. The number of hydrogen-bond acceptors (Lipinski definition) is 3. The van der Waals surface area contributed by atoms with Gasteiger partial charge in [0.2, 0.25) is 5.91 Å². The van der Waals surface area contributed by atoms with Gasteiger partial charge < -0.3 is 11.1 Å². The number of amides is 1. The standard InChI is InChI=1S/C8H11ClN4O/c1-13-6(9)5(4-11-13)12-7(14)8(10)2-3-8/h4H,2-3,10H2,1H3,(H,12,14). The summed E-state index contributed by atoms with van der Waals surface area (Å²) in [5, 5.41) is 6.96. The van der Waals surface area contributed by atoms with Crippen LogP contribution in [0.1, 0.15) is 12.8 Å². The molecule has 0 aliphatic heterocycles. The fraction of sp³-hybridized carbons (Fsp3) is 0.500. The topological polar surface area (TPSA) is 72.9 Å². The van der Waals surface area contributed by atoms with E-state index in [0.29, 0.717) is 10.8 Å². The van der Waals surface area contributed by atoms with Crippen LogP contribution in [-0.4, -0.2) is 21.2 Å². The van der Waals surface area contributed by atoms with E-state index >= 15 is 0 Å². The zero-order chi connectivity index (χ0) is 10.3. The average molecular weight is 215 g/mol. The van der Waals surface area contributed by atoms with Crippen LogP contribution in [0.2, 0.25) is 5.15 Å². The molecule has 1 heterocycles. The molecule has 76 valence electrons. The van der Waals surface area contributed by atoms with Crippen molar-refractivity contribution in [3.8, 4) is 0 Å². The molecule has 6 heteroatoms. The molecule has 1 amide bonds. The molecule has 5 nitrogen and oxygen atoms in total. The Hall–Kier alpha value is -1.07. The number of rotatable bonds is 2. The number of nitrogens with zero attached hydrogens (tertiary/aromatic N) is 2. The van der Waals surface area contributed by atoms with Crippen LogP contribution in [0.3, 0.4) is 0 Å². The van der Waals surface area contributed by atoms with Crippen molar-refractivity contribution in [2.24, 2.45) is 12.8 Å². The summed E-state index contributed by atoms with van der Waals surface area (Å²) in [6.45, 7) is 0. The summed E-state index contributed by atoms with van der Waals surface area (Å²) in [4.78, 5) is 11.5. The molecular formula is C8H11ClN4O. The zero-order valence-corrected chi connectivity index (χ0v) is 8.51. The molecule has 1 saturated carbocycles. The van der Waals surface area contributed by atoms with Crippen LogP contribution in [0.5, 0.6) is 0 Å². The molecule has 0 aromatic carbocycles. The van der Waals surface area contributed by atoms with Gasteiger partial charge >= 0.3 is 0 Å². The van der Waals surface area contributed by atoms with E-state index in [9.17, 15) is 4.79 Å². The van der Waals surface area contributed by atoms with E-state index in [0.717, 1.165) is 12.8 Å². The third-order valence-electron chi connectivity index (χ3n) is 2.36. The van der Waals surface area contributed by atoms with Crippen molar-refractivity contribution in [1.82, 2.24) is 9.78 Å². The van der Waals surface area contributed by atoms with E-state index in [1.54, 1.807) is 7.05 Å². The Bertz CT molecular complexity index is 383. The van der Waals surface area contributed by atoms with Crippen LogP contribution in [0.4, 0.5) is 5.69 Å². The first-order valence-corrected chi connectivity index (χ1v) is 4.68. The predicted molar refractivity (Wildman–Crippen MR) is 53.0 cm³/mol. The lowest BCUT2D eigenvalue weighted by Crippen LogP contribution is -2.37. The van der Waals surface area contributed by atoms with Crippen LogP contribution < -0.4 is 11.1 Å². The van der Waals surface area contributed by atoms with Gasteiger partial charge in [0.15, 0.2) is 0 Å². The quantitative estimate of drug-likeness (QED) is 0.753. The molecule has 2 rings (SSSR count). The van der Waals surface area contributed by atoms with Gasteiger partial charge in [-0.15, -0.1) is 0 Å². The lowest BCUT2D eigenvalue weighted by molar-refractivity contribution is -0.118. The van der Waals surface area contributed by atoms with Gasteiger partial charge in [0.25, 0.3) is 0 Å². The molecule has 3 N–H and O–H groups in total. The lowest BCUT2D eigenvalue weighted by atomic mass is 10.3. The minimum atomic E-state index is -0.681. The molecule has 1 aliphatic carbocycles. The molecule has 0 unspecified atom stereocenters. The van der Waals surface area contributed by atoms with E-state index in [4.69, 9.17) is 17.3 Å². The second-order valence-electron chi connectivity index (χ2n) is 3.58. The summed E-state index contributed by atoms with van der Waals surface area (Å²) in [7, 11) is 1.70. The van der Waals surface area contributed by atoms with Gasteiger partial charge in [-0.3, -0.25) is 9.48 Å². The molecule has 1 aromatic heterocycles. The summed E-state index contributed by atoms with van der Waals surface area (Å²) >= 11 is 5.87. The van der Waals surface area contributed by atoms with E-state index < -0.39 is 5.54 Å². The number of anilines is 1. The third kappa shape index (κ3) is 1.49. The van der Waals surface area contributed by atoms with Crippen molar-refractivity contribution in [1.29, 1.82) is 0 Å². The van der Waals surface area contributed by atoms with E-state index in [-0.39, 0.29) is 5.91 Å². The van der Waals surface area contributed by atoms with Gasteiger partial charge in [0.05, 0.1) is 17.4 Å². The minimum Gasteiger partial charge on any atom is -0.321 e. The van der Waals surface area contributed by atoms with Crippen LogP contribution in [-0.2, 0) is 11.8 Å². The Labute approximate surface area is 86.2 Å². The average Bonchev–Trinajstić information content (AvgIpc) is 2.83. The summed E-state index contributed by atoms with van der Waals surface area (Å²) in [6, 6.07) is 0. The maximum Gasteiger partial charge on any atom is 0.244 e. The Morgan fingerprint density at radius 1 is 1.79 bits per heavy atom. The molecule has 0 saturated heterocycles. The fourth-order valence-electron chi connectivity index (χ4n) is 1.11. The van der Waals surface area contributed by atoms with Crippen molar-refractivity contribution in [3.63, 3.8) is 0 Å². The molecule has 1 fully saturated rings. The molecule has 0 spiro atoms. The Balaban J connectivity index is 2.11. The number of aryl methyl sites for hydroxylation is 1. The third-order valence-corrected chi connectivity index (χ3v) is 2.80. The minimum absolute atomic E-state index is 0.188. The first kappa shape index (κ1) is 9.48. The van der Waals surface area contributed by atoms with Gasteiger partial charge in [-0.05, 0) is 12.8 Å². The van der Waals surface area contributed by atoms with Crippen molar-refractivity contribution in [3.05, 3.63) is 11.3 Å². The van der Waals surface area contributed by atoms with Crippen molar-refractivity contribution in [2.45, 2.75) is 18.4 Å². The zero-order valence-electron chi connectivity index (χ0n) is 7.75. The van der Waals surface area contributed by atoms with Crippen LogP contribution in [0.15, 0.2) is 6.20 Å². The first-order chi connectivity index (χ1) is 6.53. The predicted octanol–water partition coefficient (Wildman–Crippen LogP) is 0.503. The SMILES string of the molecule is Cn1ncc(NC(=O)C2(N)CC2)c1Cl. The summed E-state index contributed by atoms with van der Waals surface area (Å²) in [6.07, 6.45) is 2.97. The monoisotopic (exact) mass is 214 g/mol. The maximum atomic E-state index is 11.5. The van der Waals surface area contributed by atoms with E-state index in [1.807, 2.05) is 0 Å². The second kappa shape index (κ2) is 2.96. The Morgan fingerprint density at radius 2 is 2.43 bits per heavy atom. The van der Waals surface area contributed by atoms with Gasteiger partial charge in [0.1, 0.15) is 5.15 Å². The highest BCUT2D eigenvalue weighted by Gasteiger charge is 2.46. The van der Waals surface area contributed by atoms with Gasteiger partial charge in [-0.1, -0.05) is 11.6 Å². The number of nitrogens with two attached hydrogens (primary N) is 1. The Kier molecular flexibility index (Phi) is 2.01. The summed E-state index contributed by atoms with van der Waals surface area (Å²) < 4.78 is 1.48. The number of carbonyl (C=O) groups excluding carboxylic acids is 1. The smallest absolute Gasteiger partial charge is 0.244 e. The van der Waals surface area contributed by atoms with Crippen LogP contribution >= 0.6 is 11.6 Å². The molecule has 0 radical (unpaired) electrons. The molecule has 0 atom stereocenters. The van der Waals surface area contributed by atoms with Crippen molar-refractivity contribution in [2.75, 3.05) is 5.32 Å². The number of halogens is 1. The highest BCUT2D eigenvalue weighted by molar-refractivity contribution is 6.32. The van der Waals surface area contributed by atoms with Crippen LogP contribution in [0, 0.1) is 0 Å². The normalized spacial score (nSPS) is 17.9. The summed E-state index contributed by atoms with van der Waals surface area (Å²) in [5.74, 6) is -0.188. The van der Waals surface area contributed by atoms with Gasteiger partial charge in [-0.2, -0.15) is 5.10 Å². The second-order valence-corrected chi connectivity index (χ2v) is 3.94. The molecular weight excluding hydrogens is 204 g/mol. The number of aromatic nitrogens is 2. The van der Waals surface area contributed by atoms with Gasteiger partial charge in [-0.25, -0.2) is 0 Å². The highest BCUT2D eigenvalue weighted by atomic mass is 35.5. The first-order valence-electron chi connectivity index (χ1n) is 4.31. The van der Waals surface area contributed by atoms with E-state index in [1.165, 1.54) is 10.9 Å². The molecule has 14 heavy (non-hydrogen) atoms. The number of carbonyl (C=O) groups is 1. The number of nitrogens with one attached hydrogen (secondary N) is 1. The fourth-order valence-corrected chi connectivity index (χ4v) is 1.25. The van der Waals surface area contributed by atoms with Gasteiger partial charge in [0, 0.05) is 7.05 Å². The van der Waals surface area contributed by atoms with Crippen molar-refractivity contribution < 1.29 is 4.79 Å². The maximum absolute atomic E-state index is 11.5. The molecule has 0 bridgehead atoms. The largest absolute Gasteiger partial charge is 0.321 e. The molecule has 1 aliphatic rings. The van der Waals surface area contributed by atoms with Crippen LogP contribution in [0.25, 0.3) is 0 Å². The Morgan fingerprint density at radius 3 is 2.86 bits per heavy atom. The van der Waals surface area contributed by atoms with Crippen molar-refractivity contribution >= 4 is 23.2 Å². The number of hydrogen-bond donors (Lipinski definition) is 2. The summed E-state index contributed by atoms with van der Waals surface area (Å²) in [5.41, 5.74) is 5.54. The lowest BCUT2D eigenvalue weighted by Gasteiger charge is -2.08. The van der Waals surface area contributed by atoms with E-state index in [2.05, 4.69) is 10.4 Å². The highest BCUT2D eigenvalue weighted by Crippen LogP contribution is 2.34.